The number of halogens is 1. The number of hydrogen-bond donors (Lipinski definition) is 1. The molecule has 1 N–H and O–H groups in total. The van der Waals surface area contributed by atoms with Crippen LogP contribution >= 0.6 is 11.8 Å². The molecule has 4 nitrogen and oxygen atoms in total. The van der Waals surface area contributed by atoms with Gasteiger partial charge in [-0.2, -0.15) is 11.8 Å². The van der Waals surface area contributed by atoms with Gasteiger partial charge in [0.2, 0.25) is 11.7 Å². The van der Waals surface area contributed by atoms with E-state index in [0.29, 0.717) is 12.1 Å². The second-order valence-corrected chi connectivity index (χ2v) is 4.81. The van der Waals surface area contributed by atoms with Crippen LogP contribution in [0, 0.1) is 5.82 Å². The number of carboxylic acid groups (broad SMARTS) is 1. The Kier molecular flexibility index (Phi) is 4.21. The maximum atomic E-state index is 13.6. The second kappa shape index (κ2) is 5.88. The summed E-state index contributed by atoms with van der Waals surface area (Å²) in [5.74, 6) is -1.16. The van der Waals surface area contributed by atoms with Crippen molar-refractivity contribution in [1.29, 1.82) is 0 Å². The highest BCUT2D eigenvalue weighted by Crippen LogP contribution is 2.25. The van der Waals surface area contributed by atoms with Gasteiger partial charge in [-0.25, -0.2) is 14.2 Å². The second-order valence-electron chi connectivity index (χ2n) is 3.82. The summed E-state index contributed by atoms with van der Waals surface area (Å²) in [5.41, 5.74) is 0.514. The van der Waals surface area contributed by atoms with E-state index in [9.17, 15) is 9.18 Å². The Morgan fingerprint density at radius 3 is 2.84 bits per heavy atom. The number of aryl methyl sites for hydroxylation is 1. The van der Waals surface area contributed by atoms with E-state index in [1.807, 2.05) is 6.26 Å². The molecule has 0 aliphatic rings. The van der Waals surface area contributed by atoms with Crippen LogP contribution in [-0.4, -0.2) is 28.1 Å². The monoisotopic (exact) mass is 281 g/mol. The van der Waals surface area contributed by atoms with Gasteiger partial charge in [-0.15, -0.1) is 0 Å². The molecule has 0 radical (unpaired) electrons. The fourth-order valence-corrected chi connectivity index (χ4v) is 2.03. The van der Waals surface area contributed by atoms with Gasteiger partial charge in [0.25, 0.3) is 0 Å². The van der Waals surface area contributed by atoms with Crippen LogP contribution in [0.5, 0.6) is 0 Å². The summed E-state index contributed by atoms with van der Waals surface area (Å²) in [6.07, 6.45) is 2.39. The molecule has 0 amide bonds. The molecular weight excluding hydrogens is 269 g/mol. The van der Waals surface area contributed by atoms with Crippen molar-refractivity contribution in [2.75, 3.05) is 12.0 Å². The summed E-state index contributed by atoms with van der Waals surface area (Å²) in [6, 6.07) is 5.98. The third-order valence-electron chi connectivity index (χ3n) is 2.54. The van der Waals surface area contributed by atoms with Crippen LogP contribution in [0.4, 0.5) is 4.39 Å². The molecule has 0 unspecified atom stereocenters. The van der Waals surface area contributed by atoms with Gasteiger partial charge in [0.15, 0.2) is 0 Å². The van der Waals surface area contributed by atoms with Crippen molar-refractivity contribution in [3.63, 3.8) is 0 Å². The summed E-state index contributed by atoms with van der Waals surface area (Å²) in [7, 11) is 0. The van der Waals surface area contributed by atoms with Crippen molar-refractivity contribution in [2.24, 2.45) is 0 Å². The Morgan fingerprint density at radius 2 is 2.21 bits per heavy atom. The molecule has 0 saturated carbocycles. The fourth-order valence-electron chi connectivity index (χ4n) is 1.64. The van der Waals surface area contributed by atoms with Gasteiger partial charge < -0.3 is 9.52 Å². The van der Waals surface area contributed by atoms with Gasteiger partial charge in [0.05, 0.1) is 11.3 Å². The minimum atomic E-state index is -1.19. The Balaban J connectivity index is 2.43. The number of aromatic nitrogens is 1. The van der Waals surface area contributed by atoms with Crippen molar-refractivity contribution in [1.82, 2.24) is 4.98 Å². The molecule has 0 fully saturated rings. The zero-order valence-electron chi connectivity index (χ0n) is 10.2. The van der Waals surface area contributed by atoms with E-state index >= 15 is 0 Å². The Bertz CT molecular complexity index is 597. The van der Waals surface area contributed by atoms with Gasteiger partial charge in [-0.1, -0.05) is 12.1 Å². The molecule has 1 heterocycles. The van der Waals surface area contributed by atoms with Gasteiger partial charge in [-0.05, 0) is 24.1 Å². The topological polar surface area (TPSA) is 63.3 Å². The molecule has 0 atom stereocenters. The first-order valence-corrected chi connectivity index (χ1v) is 6.99. The lowest BCUT2D eigenvalue weighted by molar-refractivity contribution is 0.0662. The van der Waals surface area contributed by atoms with Crippen LogP contribution in [0.2, 0.25) is 0 Å². The van der Waals surface area contributed by atoms with E-state index in [1.165, 1.54) is 12.1 Å². The highest BCUT2D eigenvalue weighted by Gasteiger charge is 2.21. The summed E-state index contributed by atoms with van der Waals surface area (Å²) < 4.78 is 18.8. The van der Waals surface area contributed by atoms with Crippen molar-refractivity contribution in [2.45, 2.75) is 6.42 Å². The molecule has 0 bridgehead atoms. The quantitative estimate of drug-likeness (QED) is 0.912. The van der Waals surface area contributed by atoms with E-state index in [4.69, 9.17) is 9.52 Å². The first-order valence-electron chi connectivity index (χ1n) is 5.60. The number of thioether (sulfide) groups is 1. The highest BCUT2D eigenvalue weighted by molar-refractivity contribution is 7.98. The van der Waals surface area contributed by atoms with Gasteiger partial charge >= 0.3 is 5.97 Å². The number of nitrogens with zero attached hydrogens (tertiary/aromatic N) is 1. The molecule has 0 aliphatic carbocycles. The molecule has 0 aliphatic heterocycles. The first-order chi connectivity index (χ1) is 9.13. The maximum absolute atomic E-state index is 13.6. The molecule has 0 saturated heterocycles. The smallest absolute Gasteiger partial charge is 0.373 e. The third-order valence-corrected chi connectivity index (χ3v) is 3.15. The molecule has 1 aromatic heterocycles. The van der Waals surface area contributed by atoms with E-state index in [2.05, 4.69) is 4.98 Å². The minimum Gasteiger partial charge on any atom is -0.475 e. The number of oxazole rings is 1. The van der Waals surface area contributed by atoms with Gasteiger partial charge in [0, 0.05) is 6.42 Å². The van der Waals surface area contributed by atoms with E-state index in [0.717, 1.165) is 5.75 Å². The average molecular weight is 281 g/mol. The standard InChI is InChI=1S/C13H12FNO3S/c1-19-7-6-10-11(13(16)17)18-12(15-10)8-4-2-3-5-9(8)14/h2-5H,6-7H2,1H3,(H,16,17). The molecule has 1 aromatic carbocycles. The third kappa shape index (κ3) is 2.96. The van der Waals surface area contributed by atoms with Crippen LogP contribution in [0.1, 0.15) is 16.2 Å². The molecule has 2 rings (SSSR count). The summed E-state index contributed by atoms with van der Waals surface area (Å²) in [4.78, 5) is 15.2. The largest absolute Gasteiger partial charge is 0.475 e. The van der Waals surface area contributed by atoms with Crippen molar-refractivity contribution >= 4 is 17.7 Å². The van der Waals surface area contributed by atoms with E-state index in [-0.39, 0.29) is 17.2 Å². The van der Waals surface area contributed by atoms with Crippen LogP contribution < -0.4 is 0 Å². The molecule has 0 spiro atoms. The fraction of sp³-hybridized carbons (Fsp3) is 0.231. The zero-order valence-corrected chi connectivity index (χ0v) is 11.0. The van der Waals surface area contributed by atoms with Crippen molar-refractivity contribution < 1.29 is 18.7 Å². The van der Waals surface area contributed by atoms with Crippen molar-refractivity contribution in [3.05, 3.63) is 41.5 Å². The highest BCUT2D eigenvalue weighted by atomic mass is 32.2. The van der Waals surface area contributed by atoms with E-state index < -0.39 is 11.8 Å². The molecule has 2 aromatic rings. The van der Waals surface area contributed by atoms with Gasteiger partial charge in [-0.3, -0.25) is 0 Å². The number of carbonyl (C=O) groups is 1. The lowest BCUT2D eigenvalue weighted by atomic mass is 10.2. The normalized spacial score (nSPS) is 10.6. The molecule has 6 heteroatoms. The predicted molar refractivity (Wildman–Crippen MR) is 70.9 cm³/mol. The van der Waals surface area contributed by atoms with Crippen LogP contribution in [0.25, 0.3) is 11.5 Å². The lowest BCUT2D eigenvalue weighted by Gasteiger charge is -1.95. The van der Waals surface area contributed by atoms with E-state index in [1.54, 1.807) is 23.9 Å². The van der Waals surface area contributed by atoms with Crippen LogP contribution in [0.3, 0.4) is 0 Å². The number of benzene rings is 1. The average Bonchev–Trinajstić information content (AvgIpc) is 2.81. The van der Waals surface area contributed by atoms with Crippen LogP contribution in [0.15, 0.2) is 28.7 Å². The molecule has 100 valence electrons. The van der Waals surface area contributed by atoms with Crippen LogP contribution in [-0.2, 0) is 6.42 Å². The number of carboxylic acids is 1. The minimum absolute atomic E-state index is 0.00611. The molecular formula is C13H12FNO3S. The SMILES string of the molecule is CSCCc1nc(-c2ccccc2F)oc1C(=O)O. The summed E-state index contributed by atoms with van der Waals surface area (Å²) in [5, 5.41) is 9.06. The van der Waals surface area contributed by atoms with Gasteiger partial charge in [0.1, 0.15) is 5.82 Å². The molecule has 19 heavy (non-hydrogen) atoms. The lowest BCUT2D eigenvalue weighted by Crippen LogP contribution is -2.00. The first kappa shape index (κ1) is 13.6. The number of rotatable bonds is 5. The Morgan fingerprint density at radius 1 is 1.47 bits per heavy atom. The Labute approximate surface area is 113 Å². The zero-order chi connectivity index (χ0) is 13.8. The Hall–Kier alpha value is -1.82. The number of hydrogen-bond acceptors (Lipinski definition) is 4. The maximum Gasteiger partial charge on any atom is 0.373 e. The number of aromatic carboxylic acids is 1. The predicted octanol–water partition coefficient (Wildman–Crippen LogP) is 3.08. The summed E-state index contributed by atoms with van der Waals surface area (Å²) >= 11 is 1.58. The van der Waals surface area contributed by atoms with Crippen molar-refractivity contribution in [3.8, 4) is 11.5 Å². The summed E-state index contributed by atoms with van der Waals surface area (Å²) in [6.45, 7) is 0.